The third-order valence-corrected chi connectivity index (χ3v) is 4.06. The first kappa shape index (κ1) is 14.2. The van der Waals surface area contributed by atoms with Crippen molar-refractivity contribution in [3.05, 3.63) is 66.0 Å². The summed E-state index contributed by atoms with van der Waals surface area (Å²) in [6, 6.07) is 19.1. The van der Waals surface area contributed by atoms with Crippen molar-refractivity contribution in [1.29, 1.82) is 0 Å². The number of para-hydroxylation sites is 2. The summed E-state index contributed by atoms with van der Waals surface area (Å²) in [5, 5.41) is -0.116. The molecule has 2 atom stereocenters. The van der Waals surface area contributed by atoms with Gasteiger partial charge in [0.05, 0.1) is 22.5 Å². The van der Waals surface area contributed by atoms with Gasteiger partial charge in [0.2, 0.25) is 0 Å². The number of hydrogen-bond acceptors (Lipinski definition) is 1. The van der Waals surface area contributed by atoms with Crippen LogP contribution in [0.4, 0.5) is 0 Å². The molecule has 2 nitrogen and oxygen atoms in total. The van der Waals surface area contributed by atoms with Gasteiger partial charge in [-0.25, -0.2) is 4.98 Å². The minimum absolute atomic E-state index is 0.116. The summed E-state index contributed by atoms with van der Waals surface area (Å²) < 4.78 is 2.29. The van der Waals surface area contributed by atoms with E-state index in [1.807, 2.05) is 25.1 Å². The maximum atomic E-state index is 6.38. The van der Waals surface area contributed by atoms with Crippen molar-refractivity contribution in [2.45, 2.75) is 31.7 Å². The molecule has 0 amide bonds. The molecule has 0 saturated carbocycles. The molecule has 0 radical (unpaired) electrons. The quantitative estimate of drug-likeness (QED) is 0.595. The van der Waals surface area contributed by atoms with Gasteiger partial charge in [0.25, 0.3) is 0 Å². The first-order valence-electron chi connectivity index (χ1n) is 7.38. The zero-order valence-electron chi connectivity index (χ0n) is 12.3. The Kier molecular flexibility index (Phi) is 3.98. The van der Waals surface area contributed by atoms with Gasteiger partial charge in [-0.15, -0.1) is 11.6 Å². The van der Waals surface area contributed by atoms with Gasteiger partial charge in [-0.05, 0) is 31.0 Å². The molecule has 1 heterocycles. The van der Waals surface area contributed by atoms with Crippen LogP contribution in [0.1, 0.15) is 43.1 Å². The third kappa shape index (κ3) is 2.56. The Bertz CT molecular complexity index is 731. The lowest BCUT2D eigenvalue weighted by atomic mass is 10.0. The predicted molar refractivity (Wildman–Crippen MR) is 88.9 cm³/mol. The van der Waals surface area contributed by atoms with E-state index in [4.69, 9.17) is 16.6 Å². The molecule has 0 N–H and O–H groups in total. The molecule has 0 aliphatic heterocycles. The van der Waals surface area contributed by atoms with Crippen LogP contribution in [0.25, 0.3) is 11.0 Å². The Morgan fingerprint density at radius 3 is 2.38 bits per heavy atom. The van der Waals surface area contributed by atoms with Gasteiger partial charge in [0.15, 0.2) is 0 Å². The van der Waals surface area contributed by atoms with E-state index in [0.717, 1.165) is 23.3 Å². The Morgan fingerprint density at radius 1 is 1.05 bits per heavy atom. The average molecular weight is 299 g/mol. The van der Waals surface area contributed by atoms with Gasteiger partial charge in [-0.1, -0.05) is 49.4 Å². The van der Waals surface area contributed by atoms with E-state index < -0.39 is 0 Å². The van der Waals surface area contributed by atoms with Crippen LogP contribution in [0.2, 0.25) is 0 Å². The van der Waals surface area contributed by atoms with Crippen molar-refractivity contribution < 1.29 is 0 Å². The molecular weight excluding hydrogens is 280 g/mol. The number of halogens is 1. The normalized spacial score (nSPS) is 14.2. The highest BCUT2D eigenvalue weighted by Gasteiger charge is 2.21. The highest BCUT2D eigenvalue weighted by Crippen LogP contribution is 2.32. The van der Waals surface area contributed by atoms with Crippen LogP contribution in [-0.2, 0) is 0 Å². The second-order valence-corrected chi connectivity index (χ2v) is 5.93. The number of imidazole rings is 1. The largest absolute Gasteiger partial charge is 0.319 e. The van der Waals surface area contributed by atoms with E-state index >= 15 is 0 Å². The standard InChI is InChI=1S/C18H19ClN2/c1-3-16(14-9-5-4-6-10-14)21-17-12-8-7-11-15(17)20-18(21)13(2)19/h4-13,16H,3H2,1-2H3. The maximum absolute atomic E-state index is 6.38. The molecule has 3 heteroatoms. The number of nitrogens with zero attached hydrogens (tertiary/aromatic N) is 2. The van der Waals surface area contributed by atoms with E-state index in [0.29, 0.717) is 0 Å². The lowest BCUT2D eigenvalue weighted by molar-refractivity contribution is 0.555. The molecule has 0 bridgehead atoms. The molecule has 1 aromatic heterocycles. The Hall–Kier alpha value is -1.80. The fourth-order valence-corrected chi connectivity index (χ4v) is 3.07. The summed E-state index contributed by atoms with van der Waals surface area (Å²) in [4.78, 5) is 4.74. The molecule has 2 unspecified atom stereocenters. The molecule has 0 aliphatic carbocycles. The van der Waals surface area contributed by atoms with Crippen LogP contribution in [0, 0.1) is 0 Å². The van der Waals surface area contributed by atoms with Crippen LogP contribution < -0.4 is 0 Å². The fraction of sp³-hybridized carbons (Fsp3) is 0.278. The molecule has 0 spiro atoms. The molecular formula is C18H19ClN2. The van der Waals surface area contributed by atoms with Gasteiger partial charge in [0, 0.05) is 0 Å². The molecule has 0 aliphatic rings. The Morgan fingerprint density at radius 2 is 1.71 bits per heavy atom. The van der Waals surface area contributed by atoms with E-state index in [2.05, 4.69) is 47.9 Å². The van der Waals surface area contributed by atoms with Crippen molar-refractivity contribution >= 4 is 22.6 Å². The van der Waals surface area contributed by atoms with Gasteiger partial charge >= 0.3 is 0 Å². The summed E-state index contributed by atoms with van der Waals surface area (Å²) >= 11 is 6.38. The number of rotatable bonds is 4. The van der Waals surface area contributed by atoms with Gasteiger partial charge < -0.3 is 4.57 Å². The van der Waals surface area contributed by atoms with Crippen LogP contribution in [0.15, 0.2) is 54.6 Å². The number of hydrogen-bond donors (Lipinski definition) is 0. The zero-order chi connectivity index (χ0) is 14.8. The molecule has 3 aromatic rings. The Balaban J connectivity index is 2.24. The first-order valence-corrected chi connectivity index (χ1v) is 7.82. The third-order valence-electron chi connectivity index (χ3n) is 3.86. The first-order chi connectivity index (χ1) is 10.2. The highest BCUT2D eigenvalue weighted by molar-refractivity contribution is 6.20. The monoisotopic (exact) mass is 298 g/mol. The van der Waals surface area contributed by atoms with Crippen molar-refractivity contribution in [3.8, 4) is 0 Å². The number of alkyl halides is 1. The summed E-state index contributed by atoms with van der Waals surface area (Å²) in [6.07, 6.45) is 1.00. The summed E-state index contributed by atoms with van der Waals surface area (Å²) in [5.74, 6) is 0.938. The summed E-state index contributed by atoms with van der Waals surface area (Å²) in [5.41, 5.74) is 3.45. The highest BCUT2D eigenvalue weighted by atomic mass is 35.5. The molecule has 0 fully saturated rings. The summed E-state index contributed by atoms with van der Waals surface area (Å²) in [7, 11) is 0. The SMILES string of the molecule is CCC(c1ccccc1)n1c(C(C)Cl)nc2ccccc21. The Labute approximate surface area is 130 Å². The second kappa shape index (κ2) is 5.90. The molecule has 21 heavy (non-hydrogen) atoms. The average Bonchev–Trinajstić information content (AvgIpc) is 2.89. The van der Waals surface area contributed by atoms with Crippen LogP contribution in [-0.4, -0.2) is 9.55 Å². The lowest BCUT2D eigenvalue weighted by Crippen LogP contribution is -2.13. The zero-order valence-corrected chi connectivity index (χ0v) is 13.1. The summed E-state index contributed by atoms with van der Waals surface area (Å²) in [6.45, 7) is 4.19. The number of benzene rings is 2. The minimum atomic E-state index is -0.116. The van der Waals surface area contributed by atoms with Crippen molar-refractivity contribution in [2.24, 2.45) is 0 Å². The van der Waals surface area contributed by atoms with Crippen LogP contribution >= 0.6 is 11.6 Å². The van der Waals surface area contributed by atoms with Crippen molar-refractivity contribution in [2.75, 3.05) is 0 Å². The second-order valence-electron chi connectivity index (χ2n) is 5.28. The van der Waals surface area contributed by atoms with Gasteiger partial charge in [-0.3, -0.25) is 0 Å². The van der Waals surface area contributed by atoms with Gasteiger partial charge in [-0.2, -0.15) is 0 Å². The van der Waals surface area contributed by atoms with Crippen molar-refractivity contribution in [3.63, 3.8) is 0 Å². The van der Waals surface area contributed by atoms with Crippen LogP contribution in [0.5, 0.6) is 0 Å². The smallest absolute Gasteiger partial charge is 0.128 e. The molecule has 108 valence electrons. The lowest BCUT2D eigenvalue weighted by Gasteiger charge is -2.22. The predicted octanol–water partition coefficient (Wildman–Crippen LogP) is 5.34. The topological polar surface area (TPSA) is 17.8 Å². The maximum Gasteiger partial charge on any atom is 0.128 e. The van der Waals surface area contributed by atoms with Crippen LogP contribution in [0.3, 0.4) is 0 Å². The molecule has 2 aromatic carbocycles. The van der Waals surface area contributed by atoms with E-state index in [1.54, 1.807) is 0 Å². The number of aromatic nitrogens is 2. The minimum Gasteiger partial charge on any atom is -0.319 e. The molecule has 3 rings (SSSR count). The van der Waals surface area contributed by atoms with Gasteiger partial charge in [0.1, 0.15) is 5.82 Å². The van der Waals surface area contributed by atoms with Crippen molar-refractivity contribution in [1.82, 2.24) is 9.55 Å². The number of fused-ring (bicyclic) bond motifs is 1. The van der Waals surface area contributed by atoms with E-state index in [-0.39, 0.29) is 11.4 Å². The van der Waals surface area contributed by atoms with E-state index in [9.17, 15) is 0 Å². The molecule has 0 saturated heterocycles. The van der Waals surface area contributed by atoms with E-state index in [1.165, 1.54) is 5.56 Å². The fourth-order valence-electron chi connectivity index (χ4n) is 2.91.